The first-order chi connectivity index (χ1) is 10.9. The highest BCUT2D eigenvalue weighted by Crippen LogP contribution is 2.40. The number of aliphatic carboxylic acids is 1. The van der Waals surface area contributed by atoms with E-state index in [9.17, 15) is 14.7 Å². The Morgan fingerprint density at radius 3 is 2.70 bits per heavy atom. The lowest BCUT2D eigenvalue weighted by molar-refractivity contribution is -0.140. The number of carboxylic acid groups (broad SMARTS) is 1. The fraction of sp³-hybridized carbons (Fsp3) is 0.438. The average molecular weight is 334 g/mol. The van der Waals surface area contributed by atoms with Crippen LogP contribution >= 0.6 is 11.8 Å². The van der Waals surface area contributed by atoms with Gasteiger partial charge in [-0.25, -0.2) is 9.79 Å². The Labute approximate surface area is 138 Å². The van der Waals surface area contributed by atoms with Crippen molar-refractivity contribution in [3.63, 3.8) is 0 Å². The van der Waals surface area contributed by atoms with Crippen molar-refractivity contribution in [2.45, 2.75) is 42.5 Å². The van der Waals surface area contributed by atoms with Gasteiger partial charge in [-0.3, -0.25) is 10.1 Å². The van der Waals surface area contributed by atoms with E-state index in [1.807, 2.05) is 44.2 Å². The van der Waals surface area contributed by atoms with Crippen molar-refractivity contribution in [3.8, 4) is 0 Å². The predicted octanol–water partition coefficient (Wildman–Crippen LogP) is 1.45. The summed E-state index contributed by atoms with van der Waals surface area (Å²) in [5.74, 6) is -0.974. The number of hydrogen-bond donors (Lipinski definition) is 2. The molecule has 0 aromatic heterocycles. The van der Waals surface area contributed by atoms with Gasteiger partial charge in [-0.2, -0.15) is 0 Å². The number of benzene rings is 1. The molecule has 3 rings (SSSR count). The second-order valence-corrected chi connectivity index (χ2v) is 7.93. The number of ether oxygens (including phenoxy) is 1. The molecule has 3 atom stereocenters. The molecular formula is C16H18N2O4S. The van der Waals surface area contributed by atoms with Gasteiger partial charge in [0.25, 0.3) is 0 Å². The Morgan fingerprint density at radius 1 is 1.39 bits per heavy atom. The minimum atomic E-state index is -0.926. The van der Waals surface area contributed by atoms with Crippen LogP contribution in [0.15, 0.2) is 35.3 Å². The number of rotatable bonds is 4. The summed E-state index contributed by atoms with van der Waals surface area (Å²) < 4.78 is 4.75. The number of thioether (sulfide) groups is 1. The van der Waals surface area contributed by atoms with Gasteiger partial charge in [-0.05, 0) is 19.4 Å². The summed E-state index contributed by atoms with van der Waals surface area (Å²) in [6, 6.07) is 8.20. The topological polar surface area (TPSA) is 88.0 Å². The van der Waals surface area contributed by atoms with Gasteiger partial charge in [0.1, 0.15) is 6.04 Å². The zero-order chi connectivity index (χ0) is 16.6. The van der Waals surface area contributed by atoms with Gasteiger partial charge >= 0.3 is 11.9 Å². The fourth-order valence-corrected chi connectivity index (χ4v) is 4.24. The van der Waals surface area contributed by atoms with Crippen LogP contribution in [-0.2, 0) is 20.7 Å². The van der Waals surface area contributed by atoms with Crippen LogP contribution in [0.1, 0.15) is 19.4 Å². The van der Waals surface area contributed by atoms with Crippen LogP contribution in [0.5, 0.6) is 0 Å². The molecule has 2 aliphatic rings. The van der Waals surface area contributed by atoms with E-state index in [1.165, 1.54) is 11.8 Å². The zero-order valence-corrected chi connectivity index (χ0v) is 13.7. The van der Waals surface area contributed by atoms with E-state index in [0.29, 0.717) is 12.3 Å². The maximum absolute atomic E-state index is 12.1. The van der Waals surface area contributed by atoms with E-state index in [0.717, 1.165) is 5.56 Å². The molecule has 1 saturated heterocycles. The molecule has 0 spiro atoms. The van der Waals surface area contributed by atoms with Gasteiger partial charge in [0.2, 0.25) is 0 Å². The van der Waals surface area contributed by atoms with Gasteiger partial charge in [-0.15, -0.1) is 11.8 Å². The van der Waals surface area contributed by atoms with Crippen LogP contribution < -0.4 is 5.32 Å². The highest BCUT2D eigenvalue weighted by molar-refractivity contribution is 8.01. The van der Waals surface area contributed by atoms with Crippen molar-refractivity contribution in [2.24, 2.45) is 4.99 Å². The van der Waals surface area contributed by atoms with E-state index >= 15 is 0 Å². The number of carboxylic acids is 1. The summed E-state index contributed by atoms with van der Waals surface area (Å²) in [5.41, 5.74) is 1.01. The second-order valence-electron chi connectivity index (χ2n) is 6.13. The van der Waals surface area contributed by atoms with Crippen LogP contribution in [0.4, 0.5) is 0 Å². The van der Waals surface area contributed by atoms with Gasteiger partial charge < -0.3 is 9.84 Å². The van der Waals surface area contributed by atoms with Crippen molar-refractivity contribution >= 4 is 29.6 Å². The van der Waals surface area contributed by atoms with Gasteiger partial charge in [-0.1, -0.05) is 30.3 Å². The van der Waals surface area contributed by atoms with Crippen molar-refractivity contribution in [2.75, 3.05) is 0 Å². The maximum Gasteiger partial charge on any atom is 0.340 e. The first-order valence-electron chi connectivity index (χ1n) is 7.36. The van der Waals surface area contributed by atoms with E-state index in [4.69, 9.17) is 4.74 Å². The quantitative estimate of drug-likeness (QED) is 0.810. The maximum atomic E-state index is 12.1. The van der Waals surface area contributed by atoms with Crippen LogP contribution in [0, 0.1) is 0 Å². The molecule has 0 amide bonds. The van der Waals surface area contributed by atoms with Crippen LogP contribution in [0.3, 0.4) is 0 Å². The molecular weight excluding hydrogens is 316 g/mol. The summed E-state index contributed by atoms with van der Waals surface area (Å²) in [4.78, 5) is 27.8. The highest BCUT2D eigenvalue weighted by atomic mass is 32.2. The van der Waals surface area contributed by atoms with Crippen LogP contribution in [0.25, 0.3) is 0 Å². The van der Waals surface area contributed by atoms with E-state index < -0.39 is 34.1 Å². The molecule has 0 saturated carbocycles. The average Bonchev–Trinajstić information content (AvgIpc) is 2.99. The van der Waals surface area contributed by atoms with Crippen molar-refractivity contribution in [1.82, 2.24) is 5.32 Å². The number of carbonyl (C=O) groups is 2. The van der Waals surface area contributed by atoms with E-state index in [-0.39, 0.29) is 0 Å². The van der Waals surface area contributed by atoms with Crippen molar-refractivity contribution in [3.05, 3.63) is 35.9 Å². The molecule has 1 aromatic carbocycles. The summed E-state index contributed by atoms with van der Waals surface area (Å²) >= 11 is 1.41. The largest absolute Gasteiger partial charge is 0.480 e. The molecule has 1 aromatic rings. The standard InChI is InChI=1S/C16H18N2O4S/c1-16(2)12(14(19)20)18-13(23-16)11-15(21)22-10(17-11)8-9-6-4-3-5-7-9/h3-7,11-13,18H,8H2,1-2H3,(H,19,20)/t11-,12-,13+/m0/s1. The number of aliphatic imine (C=N–C) groups is 1. The Kier molecular flexibility index (Phi) is 4.16. The molecule has 6 nitrogen and oxygen atoms in total. The molecule has 0 bridgehead atoms. The lowest BCUT2D eigenvalue weighted by Crippen LogP contribution is -2.47. The molecule has 0 unspecified atom stereocenters. The number of nitrogens with one attached hydrogen (secondary N) is 1. The third-order valence-corrected chi connectivity index (χ3v) is 5.42. The smallest absolute Gasteiger partial charge is 0.340 e. The molecule has 2 N–H and O–H groups in total. The number of nitrogens with zero attached hydrogens (tertiary/aromatic N) is 1. The molecule has 1 fully saturated rings. The number of carbonyl (C=O) groups excluding carboxylic acids is 1. The second kappa shape index (κ2) is 5.98. The minimum absolute atomic E-state index is 0.380. The Balaban J connectivity index is 1.73. The predicted molar refractivity (Wildman–Crippen MR) is 87.5 cm³/mol. The summed E-state index contributed by atoms with van der Waals surface area (Å²) in [5, 5.41) is 11.9. The molecule has 7 heteroatoms. The third kappa shape index (κ3) is 3.25. The van der Waals surface area contributed by atoms with Gasteiger partial charge in [0.15, 0.2) is 11.9 Å². The minimum Gasteiger partial charge on any atom is -0.480 e. The molecule has 2 aliphatic heterocycles. The lowest BCUT2D eigenvalue weighted by Gasteiger charge is -2.20. The first kappa shape index (κ1) is 16.0. The number of cyclic esters (lactones) is 1. The first-order valence-corrected chi connectivity index (χ1v) is 8.24. The lowest BCUT2D eigenvalue weighted by atomic mass is 10.0. The molecule has 23 heavy (non-hydrogen) atoms. The Hall–Kier alpha value is -1.86. The number of hydrogen-bond acceptors (Lipinski definition) is 6. The normalized spacial score (nSPS) is 29.2. The fourth-order valence-electron chi connectivity index (χ4n) is 2.77. The highest BCUT2D eigenvalue weighted by Gasteiger charge is 2.50. The third-order valence-electron chi connectivity index (χ3n) is 3.93. The van der Waals surface area contributed by atoms with E-state index in [2.05, 4.69) is 10.3 Å². The zero-order valence-electron chi connectivity index (χ0n) is 12.9. The van der Waals surface area contributed by atoms with Crippen LogP contribution in [0.2, 0.25) is 0 Å². The number of esters is 1. The summed E-state index contributed by atoms with van der Waals surface area (Å²) in [7, 11) is 0. The molecule has 0 radical (unpaired) electrons. The van der Waals surface area contributed by atoms with Crippen molar-refractivity contribution < 1.29 is 19.4 Å². The summed E-state index contributed by atoms with van der Waals surface area (Å²) in [6.07, 6.45) is 0.451. The molecule has 0 aliphatic carbocycles. The summed E-state index contributed by atoms with van der Waals surface area (Å²) in [6.45, 7) is 3.69. The van der Waals surface area contributed by atoms with E-state index in [1.54, 1.807) is 0 Å². The molecule has 2 heterocycles. The van der Waals surface area contributed by atoms with Gasteiger partial charge in [0, 0.05) is 11.2 Å². The van der Waals surface area contributed by atoms with Crippen molar-refractivity contribution in [1.29, 1.82) is 0 Å². The SMILES string of the molecule is CC1(C)S[C@H]([C@@H]2N=C(Cc3ccccc3)OC2=O)N[C@H]1C(=O)O. The molecule has 122 valence electrons. The van der Waals surface area contributed by atoms with Crippen LogP contribution in [-0.4, -0.2) is 45.1 Å². The van der Waals surface area contributed by atoms with Gasteiger partial charge in [0.05, 0.1) is 5.37 Å². The monoisotopic (exact) mass is 334 g/mol. The Morgan fingerprint density at radius 2 is 2.09 bits per heavy atom. The Bertz CT molecular complexity index is 659.